The molecule has 0 radical (unpaired) electrons. The Balaban J connectivity index is 1.09. The Hall–Kier alpha value is -9.47. The summed E-state index contributed by atoms with van der Waals surface area (Å²) in [6, 6.07) is 88.6. The van der Waals surface area contributed by atoms with Crippen LogP contribution in [0, 0.1) is 0 Å². The topological polar surface area (TPSA) is 46.8 Å². The van der Waals surface area contributed by atoms with Gasteiger partial charge >= 0.3 is 0 Å². The highest BCUT2D eigenvalue weighted by molar-refractivity contribution is 7.28. The first-order valence-electron chi connectivity index (χ1n) is 26.1. The Morgan fingerprint density at radius 1 is 0.338 bits per heavy atom. The molecule has 2 aliphatic heterocycles. The molecule has 4 aromatic heterocycles. The first-order chi connectivity index (χ1) is 38.2. The summed E-state index contributed by atoms with van der Waals surface area (Å²) in [6.45, 7) is -0.145. The van der Waals surface area contributed by atoms with Crippen LogP contribution >= 0.6 is 22.7 Å². The Morgan fingerprint density at radius 2 is 0.857 bits per heavy atom. The average molecular weight is 1010 g/mol. The lowest BCUT2D eigenvalue weighted by Crippen LogP contribution is -2.60. The summed E-state index contributed by atoms with van der Waals surface area (Å²) in [5.41, 5.74) is 18.1. The van der Waals surface area contributed by atoms with Crippen molar-refractivity contribution in [3.63, 3.8) is 0 Å². The van der Waals surface area contributed by atoms with Gasteiger partial charge in [0, 0.05) is 96.0 Å². The lowest BCUT2D eigenvalue weighted by Gasteiger charge is -2.42. The van der Waals surface area contributed by atoms with Gasteiger partial charge < -0.3 is 9.47 Å². The number of fused-ring (bicyclic) bond motifs is 14. The van der Waals surface area contributed by atoms with Crippen molar-refractivity contribution in [1.29, 1.82) is 0 Å². The Morgan fingerprint density at radius 3 is 1.49 bits per heavy atom. The van der Waals surface area contributed by atoms with Gasteiger partial charge in [0.2, 0.25) is 0 Å². The Kier molecular flexibility index (Phi) is 9.19. The number of hydrogen-bond acceptors (Lipinski definition) is 6. The van der Waals surface area contributed by atoms with E-state index in [0.29, 0.717) is 17.5 Å². The van der Waals surface area contributed by atoms with Gasteiger partial charge in [-0.15, -0.1) is 22.7 Å². The summed E-state index contributed by atoms with van der Waals surface area (Å²) < 4.78 is 7.77. The smallest absolute Gasteiger partial charge is 0.254 e. The predicted molar refractivity (Wildman–Crippen MR) is 326 cm³/mol. The molecule has 17 rings (SSSR count). The molecule has 0 amide bonds. The molecular formula is C69H40BN5S2. The van der Waals surface area contributed by atoms with Crippen molar-refractivity contribution in [1.82, 2.24) is 19.5 Å². The predicted octanol–water partition coefficient (Wildman–Crippen LogP) is 16.7. The zero-order valence-corrected chi connectivity index (χ0v) is 42.9. The lowest BCUT2D eigenvalue weighted by atomic mass is 9.33. The van der Waals surface area contributed by atoms with Gasteiger partial charge in [0.25, 0.3) is 6.71 Å². The van der Waals surface area contributed by atoms with Crippen LogP contribution in [0.25, 0.3) is 124 Å². The molecule has 15 aromatic rings. The Bertz CT molecular complexity index is 4820. The Labute approximate surface area is 451 Å². The second kappa shape index (κ2) is 16.5. The number of hydrogen-bond donors (Lipinski definition) is 0. The maximum Gasteiger partial charge on any atom is 0.254 e. The third-order valence-electron chi connectivity index (χ3n) is 16.0. The monoisotopic (exact) mass is 1010 g/mol. The molecule has 0 bridgehead atoms. The highest BCUT2D eigenvalue weighted by Gasteiger charge is 2.45. The van der Waals surface area contributed by atoms with Crippen molar-refractivity contribution in [3.05, 3.63) is 243 Å². The normalized spacial score (nSPS) is 12.6. The van der Waals surface area contributed by atoms with Crippen molar-refractivity contribution in [3.8, 4) is 62.1 Å². The molecule has 0 unspecified atom stereocenters. The SMILES string of the molecule is c1ccc(-c2nc(-c3ccccc3)nc(-c3cc4c5c(c3)-n3c6ccccc6c6cc7c(sc8ccccc87)c(c63)B5c3cc5sc6ccccc6c5cc3N4c3c(-c4ccccc4)cccc3-c3ccccc3)n2)cc1. The van der Waals surface area contributed by atoms with Crippen molar-refractivity contribution in [2.24, 2.45) is 0 Å². The van der Waals surface area contributed by atoms with Crippen LogP contribution in [0.2, 0.25) is 0 Å². The molecule has 0 atom stereocenters. The highest BCUT2D eigenvalue weighted by Crippen LogP contribution is 2.52. The molecule has 0 spiro atoms. The number of para-hydroxylation sites is 2. The third kappa shape index (κ3) is 6.31. The van der Waals surface area contributed by atoms with E-state index in [9.17, 15) is 0 Å². The van der Waals surface area contributed by atoms with Crippen LogP contribution in [-0.4, -0.2) is 26.2 Å². The summed E-state index contributed by atoms with van der Waals surface area (Å²) in [5.74, 6) is 1.86. The summed E-state index contributed by atoms with van der Waals surface area (Å²) in [7, 11) is 0. The third-order valence-corrected chi connectivity index (χ3v) is 18.3. The molecule has 5 nitrogen and oxygen atoms in total. The maximum atomic E-state index is 5.46. The van der Waals surface area contributed by atoms with Gasteiger partial charge in [-0.1, -0.05) is 194 Å². The summed E-state index contributed by atoms with van der Waals surface area (Å²) in [5, 5.41) is 7.60. The van der Waals surface area contributed by atoms with Crippen molar-refractivity contribution < 1.29 is 0 Å². The van der Waals surface area contributed by atoms with Crippen LogP contribution in [0.4, 0.5) is 17.1 Å². The molecule has 6 heterocycles. The maximum absolute atomic E-state index is 5.46. The van der Waals surface area contributed by atoms with Gasteiger partial charge in [-0.2, -0.15) is 0 Å². The molecular weight excluding hydrogens is 974 g/mol. The van der Waals surface area contributed by atoms with Gasteiger partial charge in [0.15, 0.2) is 17.5 Å². The summed E-state index contributed by atoms with van der Waals surface area (Å²) in [6.07, 6.45) is 0. The molecule has 356 valence electrons. The first kappa shape index (κ1) is 42.8. The van der Waals surface area contributed by atoms with Gasteiger partial charge in [0.1, 0.15) is 0 Å². The minimum atomic E-state index is -0.145. The van der Waals surface area contributed by atoms with Crippen LogP contribution in [0.3, 0.4) is 0 Å². The molecule has 0 N–H and O–H groups in total. The average Bonchev–Trinajstić information content (AvgIpc) is 4.41. The zero-order chi connectivity index (χ0) is 50.3. The van der Waals surface area contributed by atoms with E-state index >= 15 is 0 Å². The standard InChI is InChI=1S/C69H40BN5S2/c1-5-20-41(21-6-1)46-31-19-32-47(42-22-7-2-8-23-42)64(46)75-56-39-51-49-29-14-17-34-59(49)76-61(51)40-54(56)70-62-57(74-55-33-16-13-28-48(55)52-38-53-50-30-15-18-35-60(50)77-66(53)63(70)65(52)74)36-45(37-58(62)75)69-72-67(43-24-9-3-10-25-43)71-68(73-69)44-26-11-4-12-27-44/h1-40H. The van der Waals surface area contributed by atoms with E-state index < -0.39 is 0 Å². The van der Waals surface area contributed by atoms with Crippen molar-refractivity contribution >= 4 is 125 Å². The van der Waals surface area contributed by atoms with Gasteiger partial charge in [-0.25, -0.2) is 15.0 Å². The fourth-order valence-electron chi connectivity index (χ4n) is 12.7. The molecule has 0 fully saturated rings. The minimum Gasteiger partial charge on any atom is -0.310 e. The van der Waals surface area contributed by atoms with Crippen molar-refractivity contribution in [2.45, 2.75) is 0 Å². The number of rotatable bonds is 6. The molecule has 11 aromatic carbocycles. The van der Waals surface area contributed by atoms with E-state index in [1.807, 2.05) is 34.8 Å². The van der Waals surface area contributed by atoms with E-state index in [4.69, 9.17) is 15.0 Å². The van der Waals surface area contributed by atoms with E-state index in [-0.39, 0.29) is 6.71 Å². The fraction of sp³-hybridized carbons (Fsp3) is 0. The summed E-state index contributed by atoms with van der Waals surface area (Å²) in [4.78, 5) is 18.7. The molecule has 0 saturated carbocycles. The quantitative estimate of drug-likeness (QED) is 0.156. The molecule has 2 aliphatic rings. The summed E-state index contributed by atoms with van der Waals surface area (Å²) >= 11 is 3.82. The number of benzene rings is 11. The van der Waals surface area contributed by atoms with E-state index in [0.717, 1.165) is 61.7 Å². The van der Waals surface area contributed by atoms with Crippen LogP contribution < -0.4 is 21.3 Å². The highest BCUT2D eigenvalue weighted by atomic mass is 32.1. The number of aromatic nitrogens is 4. The minimum absolute atomic E-state index is 0.145. The molecule has 0 aliphatic carbocycles. The number of thiophene rings is 2. The second-order valence-electron chi connectivity index (χ2n) is 20.2. The van der Waals surface area contributed by atoms with Gasteiger partial charge in [-0.05, 0) is 76.0 Å². The van der Waals surface area contributed by atoms with Crippen LogP contribution in [0.15, 0.2) is 243 Å². The molecule has 8 heteroatoms. The lowest BCUT2D eigenvalue weighted by molar-refractivity contribution is 1.07. The van der Waals surface area contributed by atoms with Crippen LogP contribution in [0.1, 0.15) is 0 Å². The molecule has 77 heavy (non-hydrogen) atoms. The van der Waals surface area contributed by atoms with Gasteiger partial charge in [-0.3, -0.25) is 0 Å². The van der Waals surface area contributed by atoms with Crippen LogP contribution in [0.5, 0.6) is 0 Å². The first-order valence-corrected chi connectivity index (χ1v) is 27.8. The zero-order valence-electron chi connectivity index (χ0n) is 41.2. The van der Waals surface area contributed by atoms with E-state index in [2.05, 4.69) is 240 Å². The number of nitrogens with zero attached hydrogens (tertiary/aromatic N) is 5. The molecule has 0 saturated heterocycles. The van der Waals surface area contributed by atoms with E-state index in [1.54, 1.807) is 0 Å². The second-order valence-corrected chi connectivity index (χ2v) is 22.3. The van der Waals surface area contributed by atoms with Crippen molar-refractivity contribution in [2.75, 3.05) is 4.90 Å². The largest absolute Gasteiger partial charge is 0.310 e. The number of anilines is 3. The van der Waals surface area contributed by atoms with Crippen LogP contribution in [-0.2, 0) is 0 Å². The fourth-order valence-corrected chi connectivity index (χ4v) is 15.1. The van der Waals surface area contributed by atoms with Gasteiger partial charge in [0.05, 0.1) is 16.7 Å². The van der Waals surface area contributed by atoms with E-state index in [1.165, 1.54) is 78.5 Å².